The Hall–Kier alpha value is -2.19. The summed E-state index contributed by atoms with van der Waals surface area (Å²) in [4.78, 5) is 12.2. The average Bonchev–Trinajstić information content (AvgIpc) is 2.96. The minimum absolute atomic E-state index is 0.0431. The smallest absolute Gasteiger partial charge is 0.247 e. The monoisotopic (exact) mass is 306 g/mol. The number of nitrogens with zero attached hydrogens (tertiary/aromatic N) is 2. The van der Waals surface area contributed by atoms with Gasteiger partial charge in [0.15, 0.2) is 0 Å². The molecule has 0 saturated carbocycles. The quantitative estimate of drug-likeness (QED) is 0.863. The van der Waals surface area contributed by atoms with Crippen LogP contribution in [0.1, 0.15) is 12.5 Å². The summed E-state index contributed by atoms with van der Waals surface area (Å²) in [5, 5.41) is 8.89. The van der Waals surface area contributed by atoms with Gasteiger partial charge in [0.05, 0.1) is 6.20 Å². The fraction of sp³-hybridized carbons (Fsp3) is 0.231. The summed E-state index contributed by atoms with van der Waals surface area (Å²) >= 11 is 0. The van der Waals surface area contributed by atoms with Crippen LogP contribution in [-0.4, -0.2) is 34.9 Å². The molecule has 0 spiro atoms. The molecule has 0 radical (unpaired) electrons. The van der Waals surface area contributed by atoms with Crippen LogP contribution in [0, 0.1) is 0 Å². The summed E-state index contributed by atoms with van der Waals surface area (Å²) in [6, 6.07) is 6.35. The maximum Gasteiger partial charge on any atom is 0.247 e. The molecule has 2 N–H and O–H groups in total. The molecular formula is C13H14N4O3S. The van der Waals surface area contributed by atoms with Crippen molar-refractivity contribution in [2.24, 2.45) is 0 Å². The van der Waals surface area contributed by atoms with E-state index >= 15 is 0 Å². The van der Waals surface area contributed by atoms with Crippen LogP contribution in [0.5, 0.6) is 0 Å². The van der Waals surface area contributed by atoms with E-state index in [9.17, 15) is 13.2 Å². The Morgan fingerprint density at radius 3 is 2.81 bits per heavy atom. The maximum atomic E-state index is 12.7. The van der Waals surface area contributed by atoms with Crippen molar-refractivity contribution in [3.8, 4) is 0 Å². The molecule has 1 unspecified atom stereocenters. The van der Waals surface area contributed by atoms with Crippen molar-refractivity contribution in [1.29, 1.82) is 0 Å². The van der Waals surface area contributed by atoms with Crippen LogP contribution in [0.3, 0.4) is 0 Å². The summed E-state index contributed by atoms with van der Waals surface area (Å²) in [5.74, 6) is -0.355. The van der Waals surface area contributed by atoms with Gasteiger partial charge in [-0.1, -0.05) is 18.2 Å². The molecule has 8 heteroatoms. The Morgan fingerprint density at radius 2 is 2.10 bits per heavy atom. The molecule has 110 valence electrons. The zero-order valence-electron chi connectivity index (χ0n) is 11.3. The largest absolute Gasteiger partial charge is 0.324 e. The predicted molar refractivity (Wildman–Crippen MR) is 75.9 cm³/mol. The minimum Gasteiger partial charge on any atom is -0.324 e. The van der Waals surface area contributed by atoms with E-state index < -0.39 is 16.1 Å². The topological polar surface area (TPSA) is 95.2 Å². The van der Waals surface area contributed by atoms with Gasteiger partial charge >= 0.3 is 0 Å². The van der Waals surface area contributed by atoms with Crippen molar-refractivity contribution in [2.45, 2.75) is 24.4 Å². The summed E-state index contributed by atoms with van der Waals surface area (Å²) in [5.41, 5.74) is 1.39. The number of aromatic amines is 1. The summed E-state index contributed by atoms with van der Waals surface area (Å²) in [6.07, 6.45) is 2.54. The van der Waals surface area contributed by atoms with Crippen LogP contribution < -0.4 is 5.32 Å². The fourth-order valence-corrected chi connectivity index (χ4v) is 3.74. The van der Waals surface area contributed by atoms with Crippen LogP contribution in [0.2, 0.25) is 0 Å². The third-order valence-electron chi connectivity index (χ3n) is 3.49. The van der Waals surface area contributed by atoms with Gasteiger partial charge in [-0.25, -0.2) is 8.42 Å². The molecule has 7 nitrogen and oxygen atoms in total. The van der Waals surface area contributed by atoms with Gasteiger partial charge in [0, 0.05) is 18.4 Å². The summed E-state index contributed by atoms with van der Waals surface area (Å²) in [6.45, 7) is 1.70. The molecule has 1 aliphatic heterocycles. The van der Waals surface area contributed by atoms with E-state index in [1.165, 1.54) is 16.7 Å². The molecule has 1 aromatic carbocycles. The van der Waals surface area contributed by atoms with E-state index in [1.54, 1.807) is 25.1 Å². The Labute approximate surface area is 122 Å². The number of H-pyrrole nitrogens is 1. The number of fused-ring (bicyclic) bond motifs is 1. The molecule has 2 aromatic rings. The average molecular weight is 306 g/mol. The highest BCUT2D eigenvalue weighted by atomic mass is 32.2. The first-order valence-corrected chi connectivity index (χ1v) is 7.83. The number of carbonyl (C=O) groups excluding carboxylic acids is 1. The Bertz CT molecular complexity index is 770. The maximum absolute atomic E-state index is 12.7. The van der Waals surface area contributed by atoms with E-state index in [1.807, 2.05) is 6.07 Å². The summed E-state index contributed by atoms with van der Waals surface area (Å²) in [7, 11) is -3.79. The zero-order valence-corrected chi connectivity index (χ0v) is 12.1. The van der Waals surface area contributed by atoms with Crippen LogP contribution in [-0.2, 0) is 21.4 Å². The third kappa shape index (κ3) is 2.32. The molecule has 1 atom stereocenters. The number of aromatic nitrogens is 2. The highest BCUT2D eigenvalue weighted by molar-refractivity contribution is 7.89. The Kier molecular flexibility index (Phi) is 3.26. The lowest BCUT2D eigenvalue weighted by atomic mass is 10.2. The second-order valence-corrected chi connectivity index (χ2v) is 6.70. The fourth-order valence-electron chi connectivity index (χ4n) is 2.26. The molecule has 0 saturated heterocycles. The molecule has 0 bridgehead atoms. The van der Waals surface area contributed by atoms with Gasteiger partial charge in [-0.3, -0.25) is 9.89 Å². The number of para-hydroxylation sites is 1. The van der Waals surface area contributed by atoms with E-state index in [0.717, 1.165) is 5.56 Å². The first-order chi connectivity index (χ1) is 10.00. The van der Waals surface area contributed by atoms with Crippen LogP contribution in [0.15, 0.2) is 41.6 Å². The molecule has 21 heavy (non-hydrogen) atoms. The number of amides is 1. The van der Waals surface area contributed by atoms with Crippen LogP contribution in [0.4, 0.5) is 5.69 Å². The first kappa shape index (κ1) is 13.8. The normalized spacial score (nSPS) is 19.7. The molecule has 1 aromatic heterocycles. The SMILES string of the molecule is CC1C(=O)Nc2ccccc2CN1S(=O)(=O)c1cn[nH]c1. The van der Waals surface area contributed by atoms with Gasteiger partial charge in [0.25, 0.3) is 0 Å². The number of anilines is 1. The lowest BCUT2D eigenvalue weighted by molar-refractivity contribution is -0.119. The molecule has 1 aliphatic rings. The van der Waals surface area contributed by atoms with Crippen molar-refractivity contribution in [2.75, 3.05) is 5.32 Å². The van der Waals surface area contributed by atoms with Crippen molar-refractivity contribution in [3.05, 3.63) is 42.2 Å². The van der Waals surface area contributed by atoms with Crippen molar-refractivity contribution in [3.63, 3.8) is 0 Å². The van der Waals surface area contributed by atoms with Gasteiger partial charge in [-0.15, -0.1) is 0 Å². The number of hydrogen-bond donors (Lipinski definition) is 2. The van der Waals surface area contributed by atoms with E-state index in [2.05, 4.69) is 15.5 Å². The molecular weight excluding hydrogens is 292 g/mol. The van der Waals surface area contributed by atoms with Gasteiger partial charge in [0.1, 0.15) is 10.9 Å². The summed E-state index contributed by atoms with van der Waals surface area (Å²) < 4.78 is 26.5. The molecule has 3 rings (SSSR count). The second kappa shape index (κ2) is 4.97. The highest BCUT2D eigenvalue weighted by Crippen LogP contribution is 2.27. The van der Waals surface area contributed by atoms with E-state index in [0.29, 0.717) is 5.69 Å². The van der Waals surface area contributed by atoms with Crippen molar-refractivity contribution < 1.29 is 13.2 Å². The van der Waals surface area contributed by atoms with Crippen LogP contribution in [0.25, 0.3) is 0 Å². The molecule has 2 heterocycles. The van der Waals surface area contributed by atoms with E-state index in [4.69, 9.17) is 0 Å². The number of carbonyl (C=O) groups is 1. The van der Waals surface area contributed by atoms with E-state index in [-0.39, 0.29) is 17.3 Å². The van der Waals surface area contributed by atoms with Crippen molar-refractivity contribution in [1.82, 2.24) is 14.5 Å². The molecule has 0 fully saturated rings. The number of rotatable bonds is 2. The lowest BCUT2D eigenvalue weighted by Crippen LogP contribution is -2.43. The standard InChI is InChI=1S/C13H14N4O3S/c1-9-13(18)16-12-5-3-2-4-10(12)8-17(9)21(19,20)11-6-14-15-7-11/h2-7,9H,8H2,1H3,(H,14,15)(H,16,18). The molecule has 1 amide bonds. The Balaban J connectivity index is 2.08. The highest BCUT2D eigenvalue weighted by Gasteiger charge is 2.36. The number of sulfonamides is 1. The number of nitrogens with one attached hydrogen (secondary N) is 2. The molecule has 0 aliphatic carbocycles. The predicted octanol–water partition coefficient (Wildman–Crippen LogP) is 0.941. The van der Waals surface area contributed by atoms with Gasteiger partial charge < -0.3 is 5.32 Å². The van der Waals surface area contributed by atoms with Crippen molar-refractivity contribution >= 4 is 21.6 Å². The second-order valence-electron chi connectivity index (χ2n) is 4.81. The van der Waals surface area contributed by atoms with Crippen LogP contribution >= 0.6 is 0 Å². The first-order valence-electron chi connectivity index (χ1n) is 6.39. The number of benzene rings is 1. The van der Waals surface area contributed by atoms with Gasteiger partial charge in [0.2, 0.25) is 15.9 Å². The zero-order chi connectivity index (χ0) is 15.0. The minimum atomic E-state index is -3.79. The number of hydrogen-bond acceptors (Lipinski definition) is 4. The third-order valence-corrected chi connectivity index (χ3v) is 5.37. The van der Waals surface area contributed by atoms with Gasteiger partial charge in [-0.05, 0) is 18.6 Å². The lowest BCUT2D eigenvalue weighted by Gasteiger charge is -2.24. The Morgan fingerprint density at radius 1 is 1.33 bits per heavy atom. The van der Waals surface area contributed by atoms with Gasteiger partial charge in [-0.2, -0.15) is 9.40 Å².